The molecule has 1 aromatic rings. The van der Waals surface area contributed by atoms with Crippen molar-refractivity contribution in [3.05, 3.63) is 24.4 Å². The van der Waals surface area contributed by atoms with Crippen molar-refractivity contribution in [1.82, 2.24) is 0 Å². The van der Waals surface area contributed by atoms with E-state index < -0.39 is 5.97 Å². The van der Waals surface area contributed by atoms with Crippen molar-refractivity contribution in [3.8, 4) is 0 Å². The molecule has 70 valence electrons. The van der Waals surface area contributed by atoms with Gasteiger partial charge in [-0.15, -0.1) is 0 Å². The van der Waals surface area contributed by atoms with Crippen molar-refractivity contribution in [2.24, 2.45) is 0 Å². The van der Waals surface area contributed by atoms with Crippen LogP contribution in [0.4, 0.5) is 5.82 Å². The molecular weight excluding hydrogens is 168 g/mol. The van der Waals surface area contributed by atoms with Gasteiger partial charge in [0.15, 0.2) is 0 Å². The molecule has 0 saturated heterocycles. The van der Waals surface area contributed by atoms with Gasteiger partial charge in [-0.05, 0) is 13.0 Å². The van der Waals surface area contributed by atoms with Gasteiger partial charge in [0, 0.05) is 18.5 Å². The lowest BCUT2D eigenvalue weighted by atomic mass is 10.2. The molecule has 0 fully saturated rings. The van der Waals surface area contributed by atoms with E-state index in [-0.39, 0.29) is 12.5 Å². The first-order chi connectivity index (χ1) is 6.11. The van der Waals surface area contributed by atoms with E-state index in [1.54, 1.807) is 29.8 Å². The molecule has 0 amide bonds. The zero-order chi connectivity index (χ0) is 9.84. The summed E-state index contributed by atoms with van der Waals surface area (Å²) in [6.07, 6.45) is 1.72. The van der Waals surface area contributed by atoms with E-state index in [0.717, 1.165) is 0 Å². The largest absolute Gasteiger partial charge is 0.550 e. The van der Waals surface area contributed by atoms with Gasteiger partial charge >= 0.3 is 0 Å². The molecule has 0 aliphatic carbocycles. The minimum absolute atomic E-state index is 0.0289. The fourth-order valence-corrected chi connectivity index (χ4v) is 1.21. The van der Waals surface area contributed by atoms with E-state index in [9.17, 15) is 9.90 Å². The number of pyridine rings is 1. The number of aliphatic carboxylic acids is 1. The molecule has 4 nitrogen and oxygen atoms in total. The number of carboxylic acid groups (broad SMARTS) is 1. The van der Waals surface area contributed by atoms with Crippen LogP contribution in [0.1, 0.15) is 19.4 Å². The number of carbonyl (C=O) groups is 1. The standard InChI is InChI=1S/C9H12N2O2/c1-7(6-9(12)13)11-5-3-2-4-8(11)10/h2-5,7,10H,6H2,1H3,(H,12,13). The number of hydrogen-bond donors (Lipinski definition) is 1. The van der Waals surface area contributed by atoms with Gasteiger partial charge in [0.05, 0.1) is 6.20 Å². The summed E-state index contributed by atoms with van der Waals surface area (Å²) in [5.74, 6) is -0.514. The molecule has 2 N–H and O–H groups in total. The van der Waals surface area contributed by atoms with Crippen LogP contribution in [-0.4, -0.2) is 5.97 Å². The number of carbonyl (C=O) groups excluding carboxylic acids is 1. The highest BCUT2D eigenvalue weighted by Crippen LogP contribution is 2.03. The third kappa shape index (κ3) is 2.43. The fourth-order valence-electron chi connectivity index (χ4n) is 1.21. The molecule has 0 aromatic carbocycles. The molecule has 0 aliphatic heterocycles. The van der Waals surface area contributed by atoms with Crippen molar-refractivity contribution < 1.29 is 14.5 Å². The van der Waals surface area contributed by atoms with Crippen molar-refractivity contribution in [1.29, 1.82) is 0 Å². The first-order valence-corrected chi connectivity index (χ1v) is 4.06. The van der Waals surface area contributed by atoms with E-state index in [4.69, 9.17) is 5.73 Å². The molecule has 0 aliphatic rings. The number of hydrogen-bond acceptors (Lipinski definition) is 3. The zero-order valence-corrected chi connectivity index (χ0v) is 7.43. The van der Waals surface area contributed by atoms with Crippen LogP contribution in [0.25, 0.3) is 0 Å². The summed E-state index contributed by atoms with van der Waals surface area (Å²) in [6, 6.07) is 5.16. The van der Waals surface area contributed by atoms with E-state index in [0.29, 0.717) is 5.82 Å². The third-order valence-electron chi connectivity index (χ3n) is 1.86. The van der Waals surface area contributed by atoms with Crippen LogP contribution < -0.4 is 15.4 Å². The second-order valence-electron chi connectivity index (χ2n) is 2.96. The summed E-state index contributed by atoms with van der Waals surface area (Å²) >= 11 is 0. The zero-order valence-electron chi connectivity index (χ0n) is 7.43. The van der Waals surface area contributed by atoms with Crippen molar-refractivity contribution in [2.45, 2.75) is 19.4 Å². The van der Waals surface area contributed by atoms with E-state index >= 15 is 0 Å². The Kier molecular flexibility index (Phi) is 2.84. The van der Waals surface area contributed by atoms with Crippen molar-refractivity contribution in [2.75, 3.05) is 5.73 Å². The Bertz CT molecular complexity index is 312. The van der Waals surface area contributed by atoms with Gasteiger partial charge in [0.1, 0.15) is 6.04 Å². The number of anilines is 1. The number of nitrogens with two attached hydrogens (primary N) is 1. The van der Waals surface area contributed by atoms with Crippen molar-refractivity contribution in [3.63, 3.8) is 0 Å². The van der Waals surface area contributed by atoms with E-state index in [1.807, 2.05) is 6.07 Å². The highest BCUT2D eigenvalue weighted by molar-refractivity contribution is 5.64. The Balaban J connectivity index is 2.82. The summed E-state index contributed by atoms with van der Waals surface area (Å²) < 4.78 is 1.70. The van der Waals surface area contributed by atoms with Gasteiger partial charge in [-0.25, -0.2) is 4.57 Å². The topological polar surface area (TPSA) is 70.0 Å². The molecule has 13 heavy (non-hydrogen) atoms. The smallest absolute Gasteiger partial charge is 0.272 e. The van der Waals surface area contributed by atoms with Gasteiger partial charge in [-0.1, -0.05) is 6.07 Å². The quantitative estimate of drug-likeness (QED) is 0.623. The maximum atomic E-state index is 10.3. The summed E-state index contributed by atoms with van der Waals surface area (Å²) in [7, 11) is 0. The number of nitrogens with zero attached hydrogens (tertiary/aromatic N) is 1. The minimum atomic E-state index is -1.07. The summed E-state index contributed by atoms with van der Waals surface area (Å²) in [6.45, 7) is 1.78. The predicted octanol–water partition coefficient (Wildman–Crippen LogP) is -0.743. The van der Waals surface area contributed by atoms with Crippen LogP contribution in [-0.2, 0) is 4.79 Å². The monoisotopic (exact) mass is 180 g/mol. The van der Waals surface area contributed by atoms with Gasteiger partial charge in [-0.2, -0.15) is 0 Å². The highest BCUT2D eigenvalue weighted by atomic mass is 16.4. The Hall–Kier alpha value is -1.58. The summed E-state index contributed by atoms with van der Waals surface area (Å²) in [5.41, 5.74) is 5.65. The van der Waals surface area contributed by atoms with Crippen LogP contribution in [0.2, 0.25) is 0 Å². The minimum Gasteiger partial charge on any atom is -0.550 e. The average molecular weight is 180 g/mol. The van der Waals surface area contributed by atoms with E-state index in [2.05, 4.69) is 0 Å². The Labute approximate surface area is 76.6 Å². The maximum absolute atomic E-state index is 10.3. The molecular formula is C9H12N2O2. The predicted molar refractivity (Wildman–Crippen MR) is 45.4 cm³/mol. The van der Waals surface area contributed by atoms with Gasteiger partial charge in [0.2, 0.25) is 0 Å². The van der Waals surface area contributed by atoms with Crippen LogP contribution in [0.5, 0.6) is 0 Å². The second kappa shape index (κ2) is 3.89. The molecule has 0 bridgehead atoms. The Morgan fingerprint density at radius 1 is 1.69 bits per heavy atom. The maximum Gasteiger partial charge on any atom is 0.272 e. The number of aromatic nitrogens is 1. The number of carboxylic acids is 1. The summed E-state index contributed by atoms with van der Waals surface area (Å²) in [5, 5.41) is 10.3. The third-order valence-corrected chi connectivity index (χ3v) is 1.86. The molecule has 1 aromatic heterocycles. The first-order valence-electron chi connectivity index (χ1n) is 4.06. The molecule has 1 unspecified atom stereocenters. The second-order valence-corrected chi connectivity index (χ2v) is 2.96. The lowest BCUT2D eigenvalue weighted by molar-refractivity contribution is -0.705. The van der Waals surface area contributed by atoms with Crippen LogP contribution in [0.3, 0.4) is 0 Å². The lowest BCUT2D eigenvalue weighted by Crippen LogP contribution is -2.43. The molecule has 0 spiro atoms. The van der Waals surface area contributed by atoms with Gasteiger partial charge in [-0.3, -0.25) is 5.73 Å². The highest BCUT2D eigenvalue weighted by Gasteiger charge is 2.11. The lowest BCUT2D eigenvalue weighted by Gasteiger charge is -2.11. The fraction of sp³-hybridized carbons (Fsp3) is 0.333. The Morgan fingerprint density at radius 3 is 2.92 bits per heavy atom. The summed E-state index contributed by atoms with van der Waals surface area (Å²) in [4.78, 5) is 10.3. The molecule has 1 heterocycles. The molecule has 1 rings (SSSR count). The Morgan fingerprint density at radius 2 is 2.38 bits per heavy atom. The first kappa shape index (κ1) is 9.51. The van der Waals surface area contributed by atoms with Crippen molar-refractivity contribution >= 4 is 11.8 Å². The molecule has 0 radical (unpaired) electrons. The van der Waals surface area contributed by atoms with Crippen LogP contribution >= 0.6 is 0 Å². The average Bonchev–Trinajstić information content (AvgIpc) is 2.03. The van der Waals surface area contributed by atoms with Gasteiger partial charge < -0.3 is 9.90 Å². The molecule has 4 heteroatoms. The van der Waals surface area contributed by atoms with Crippen LogP contribution in [0.15, 0.2) is 24.4 Å². The molecule has 0 saturated carbocycles. The SMILES string of the molecule is CC(CC(=O)[O-])[n+]1ccccc1N. The van der Waals surface area contributed by atoms with E-state index in [1.165, 1.54) is 0 Å². The number of nitrogen functional groups attached to an aromatic ring is 1. The van der Waals surface area contributed by atoms with Crippen LogP contribution in [0, 0.1) is 0 Å². The van der Waals surface area contributed by atoms with Gasteiger partial charge in [0.25, 0.3) is 5.82 Å². The molecule has 1 atom stereocenters. The number of rotatable bonds is 3. The normalized spacial score (nSPS) is 12.4.